The number of rotatable bonds is 6. The molecule has 0 spiro atoms. The highest BCUT2D eigenvalue weighted by molar-refractivity contribution is 6.01. The topological polar surface area (TPSA) is 96.3 Å². The number of amides is 3. The van der Waals surface area contributed by atoms with E-state index in [4.69, 9.17) is 0 Å². The zero-order chi connectivity index (χ0) is 23.6. The Kier molecular flexibility index (Phi) is 5.95. The lowest BCUT2D eigenvalue weighted by Gasteiger charge is -2.40. The van der Waals surface area contributed by atoms with E-state index >= 15 is 0 Å². The van der Waals surface area contributed by atoms with Crippen LogP contribution in [0.5, 0.6) is 0 Å². The molecule has 3 amide bonds. The quantitative estimate of drug-likeness (QED) is 0.603. The first-order chi connectivity index (χ1) is 15.8. The van der Waals surface area contributed by atoms with E-state index in [-0.39, 0.29) is 36.2 Å². The number of nitrogens with zero attached hydrogens (tertiary/aromatic N) is 3. The van der Waals surface area contributed by atoms with Gasteiger partial charge in [0, 0.05) is 26.2 Å². The van der Waals surface area contributed by atoms with Gasteiger partial charge >= 0.3 is 0 Å². The van der Waals surface area contributed by atoms with Crippen LogP contribution in [0.4, 0.5) is 4.39 Å². The molecule has 2 aromatic carbocycles. The highest BCUT2D eigenvalue weighted by Crippen LogP contribution is 2.26. The summed E-state index contributed by atoms with van der Waals surface area (Å²) in [5, 5.41) is 9.87. The van der Waals surface area contributed by atoms with E-state index in [0.29, 0.717) is 6.54 Å². The Hall–Kier alpha value is -4.01. The predicted molar refractivity (Wildman–Crippen MR) is 119 cm³/mol. The monoisotopic (exact) mass is 449 g/mol. The number of carbonyl (C=O) groups is 3. The standard InChI is InChI=1S/C24H24FN5O3/c1-24(23(33)27-14-16-6-4-3-5-7-16)15-30-20(22(32)29(24)2)12-19(28-30)21(31)26-13-17-8-10-18(25)11-9-17/h3-12H,13-15H2,1-2H3,(H,26,31)(H,27,33)/t24-/m0/s1. The highest BCUT2D eigenvalue weighted by Gasteiger charge is 2.46. The van der Waals surface area contributed by atoms with Crippen LogP contribution < -0.4 is 10.6 Å². The minimum Gasteiger partial charge on any atom is -0.350 e. The van der Waals surface area contributed by atoms with Crippen LogP contribution in [0.1, 0.15) is 39.0 Å². The molecule has 1 atom stereocenters. The number of hydrogen-bond donors (Lipinski definition) is 2. The molecule has 8 nitrogen and oxygen atoms in total. The molecule has 3 aromatic rings. The molecule has 33 heavy (non-hydrogen) atoms. The van der Waals surface area contributed by atoms with E-state index in [0.717, 1.165) is 11.1 Å². The summed E-state index contributed by atoms with van der Waals surface area (Å²) in [7, 11) is 1.56. The number of aromatic nitrogens is 2. The van der Waals surface area contributed by atoms with E-state index in [2.05, 4.69) is 15.7 Å². The van der Waals surface area contributed by atoms with Crippen LogP contribution in [-0.2, 0) is 24.4 Å². The molecular formula is C24H24FN5O3. The molecule has 1 aliphatic rings. The molecule has 0 radical (unpaired) electrons. The van der Waals surface area contributed by atoms with Crippen molar-refractivity contribution in [1.82, 2.24) is 25.3 Å². The molecule has 0 bridgehead atoms. The predicted octanol–water partition coefficient (Wildman–Crippen LogP) is 2.11. The summed E-state index contributed by atoms with van der Waals surface area (Å²) in [6.45, 7) is 2.30. The maximum atomic E-state index is 13.0. The van der Waals surface area contributed by atoms with Gasteiger partial charge in [-0.15, -0.1) is 0 Å². The molecule has 2 heterocycles. The van der Waals surface area contributed by atoms with Gasteiger partial charge in [0.1, 0.15) is 17.1 Å². The third-order valence-electron chi connectivity index (χ3n) is 5.89. The van der Waals surface area contributed by atoms with Gasteiger partial charge in [0.05, 0.1) is 6.54 Å². The zero-order valence-corrected chi connectivity index (χ0v) is 18.3. The summed E-state index contributed by atoms with van der Waals surface area (Å²) in [6.07, 6.45) is 0. The van der Waals surface area contributed by atoms with Gasteiger partial charge in [0.2, 0.25) is 5.91 Å². The molecular weight excluding hydrogens is 425 g/mol. The minimum atomic E-state index is -1.17. The zero-order valence-electron chi connectivity index (χ0n) is 18.3. The van der Waals surface area contributed by atoms with E-state index in [1.165, 1.54) is 27.8 Å². The number of nitrogens with one attached hydrogen (secondary N) is 2. The van der Waals surface area contributed by atoms with Crippen LogP contribution in [0.3, 0.4) is 0 Å². The lowest BCUT2D eigenvalue weighted by molar-refractivity contribution is -0.132. The van der Waals surface area contributed by atoms with E-state index in [1.807, 2.05) is 30.3 Å². The second-order valence-electron chi connectivity index (χ2n) is 8.19. The maximum absolute atomic E-state index is 13.0. The average Bonchev–Trinajstić information content (AvgIpc) is 3.25. The number of fused-ring (bicyclic) bond motifs is 1. The summed E-state index contributed by atoms with van der Waals surface area (Å²) < 4.78 is 14.4. The Morgan fingerprint density at radius 1 is 1.03 bits per heavy atom. The molecule has 0 fully saturated rings. The van der Waals surface area contributed by atoms with Crippen molar-refractivity contribution in [2.24, 2.45) is 0 Å². The van der Waals surface area contributed by atoms with Crippen molar-refractivity contribution >= 4 is 17.7 Å². The molecule has 9 heteroatoms. The van der Waals surface area contributed by atoms with Crippen molar-refractivity contribution in [3.63, 3.8) is 0 Å². The molecule has 4 rings (SSSR count). The van der Waals surface area contributed by atoms with Gasteiger partial charge in [-0.1, -0.05) is 42.5 Å². The smallest absolute Gasteiger partial charge is 0.272 e. The Bertz CT molecular complexity index is 1190. The first-order valence-corrected chi connectivity index (χ1v) is 10.5. The third-order valence-corrected chi connectivity index (χ3v) is 5.89. The van der Waals surface area contributed by atoms with Gasteiger partial charge in [-0.3, -0.25) is 19.1 Å². The summed E-state index contributed by atoms with van der Waals surface area (Å²) in [6, 6.07) is 16.7. The van der Waals surface area contributed by atoms with Crippen LogP contribution in [-0.4, -0.2) is 45.0 Å². The number of carbonyl (C=O) groups excluding carboxylic acids is 3. The summed E-state index contributed by atoms with van der Waals surface area (Å²) in [5.74, 6) is -1.54. The van der Waals surface area contributed by atoms with E-state index in [9.17, 15) is 18.8 Å². The van der Waals surface area contributed by atoms with Gasteiger partial charge in [0.15, 0.2) is 5.69 Å². The Morgan fingerprint density at radius 3 is 2.36 bits per heavy atom. The number of hydrogen-bond acceptors (Lipinski definition) is 4. The molecule has 0 saturated heterocycles. The van der Waals surface area contributed by atoms with Gasteiger partial charge in [-0.2, -0.15) is 5.10 Å². The Labute approximate surface area is 190 Å². The van der Waals surface area contributed by atoms with E-state index in [1.54, 1.807) is 26.1 Å². The fraction of sp³-hybridized carbons (Fsp3) is 0.250. The molecule has 0 unspecified atom stereocenters. The third kappa shape index (κ3) is 4.48. The number of halogens is 1. The van der Waals surface area contributed by atoms with Crippen LogP contribution in [0.2, 0.25) is 0 Å². The normalized spacial score (nSPS) is 17.4. The van der Waals surface area contributed by atoms with Crippen LogP contribution >= 0.6 is 0 Å². The molecule has 170 valence electrons. The first kappa shape index (κ1) is 22.2. The lowest BCUT2D eigenvalue weighted by atomic mass is 9.96. The fourth-order valence-corrected chi connectivity index (χ4v) is 3.68. The Balaban J connectivity index is 1.47. The molecule has 1 aromatic heterocycles. The number of benzene rings is 2. The summed E-state index contributed by atoms with van der Waals surface area (Å²) in [4.78, 5) is 40.0. The van der Waals surface area contributed by atoms with Crippen molar-refractivity contribution in [3.8, 4) is 0 Å². The van der Waals surface area contributed by atoms with Gasteiger partial charge < -0.3 is 15.5 Å². The SMILES string of the molecule is CN1C(=O)c2cc(C(=O)NCc3ccc(F)cc3)nn2C[C@@]1(C)C(=O)NCc1ccccc1. The maximum Gasteiger partial charge on any atom is 0.272 e. The van der Waals surface area contributed by atoms with Crippen molar-refractivity contribution in [2.45, 2.75) is 32.1 Å². The fourth-order valence-electron chi connectivity index (χ4n) is 3.68. The summed E-state index contributed by atoms with van der Waals surface area (Å²) >= 11 is 0. The van der Waals surface area contributed by atoms with Crippen LogP contribution in [0.15, 0.2) is 60.7 Å². The van der Waals surface area contributed by atoms with Crippen LogP contribution in [0.25, 0.3) is 0 Å². The minimum absolute atomic E-state index is 0.0720. The highest BCUT2D eigenvalue weighted by atomic mass is 19.1. The second kappa shape index (κ2) is 8.85. The average molecular weight is 449 g/mol. The number of likely N-dealkylation sites (N-methyl/N-ethyl adjacent to an activating group) is 1. The molecule has 1 aliphatic heterocycles. The molecule has 0 aliphatic carbocycles. The van der Waals surface area contributed by atoms with Crippen molar-refractivity contribution in [1.29, 1.82) is 0 Å². The largest absolute Gasteiger partial charge is 0.350 e. The van der Waals surface area contributed by atoms with Gasteiger partial charge in [-0.05, 0) is 30.2 Å². The van der Waals surface area contributed by atoms with Gasteiger partial charge in [0.25, 0.3) is 11.8 Å². The van der Waals surface area contributed by atoms with E-state index < -0.39 is 17.4 Å². The first-order valence-electron chi connectivity index (χ1n) is 10.5. The van der Waals surface area contributed by atoms with Gasteiger partial charge in [-0.25, -0.2) is 4.39 Å². The Morgan fingerprint density at radius 2 is 1.67 bits per heavy atom. The second-order valence-corrected chi connectivity index (χ2v) is 8.19. The molecule has 0 saturated carbocycles. The molecule has 2 N–H and O–H groups in total. The van der Waals surface area contributed by atoms with Crippen molar-refractivity contribution in [2.75, 3.05) is 7.05 Å². The van der Waals surface area contributed by atoms with Crippen LogP contribution in [0, 0.1) is 5.82 Å². The van der Waals surface area contributed by atoms with Crippen molar-refractivity contribution < 1.29 is 18.8 Å². The summed E-state index contributed by atoms with van der Waals surface area (Å²) in [5.41, 5.74) is 0.805. The van der Waals surface area contributed by atoms with Crippen molar-refractivity contribution in [3.05, 3.63) is 89.0 Å². The lowest BCUT2D eigenvalue weighted by Crippen LogP contribution is -2.62.